The van der Waals surface area contributed by atoms with Gasteiger partial charge in [0, 0.05) is 5.02 Å². The molecule has 1 aromatic carbocycles. The minimum Gasteiger partial charge on any atom is -0.489 e. The zero-order chi connectivity index (χ0) is 13.9. The zero-order valence-corrected chi connectivity index (χ0v) is 12.5. The summed E-state index contributed by atoms with van der Waals surface area (Å²) in [7, 11) is 1.33. The Morgan fingerprint density at radius 2 is 1.72 bits per heavy atom. The fourth-order valence-corrected chi connectivity index (χ4v) is 2.18. The Bertz CT molecular complexity index is 435. The molecule has 0 fully saturated rings. The van der Waals surface area contributed by atoms with Gasteiger partial charge in [-0.1, -0.05) is 34.8 Å². The third-order valence-electron chi connectivity index (χ3n) is 2.28. The van der Waals surface area contributed by atoms with Crippen molar-refractivity contribution in [1.29, 1.82) is 0 Å². The minimum absolute atomic E-state index is 0.0980. The number of methoxy groups -OCH3 is 1. The van der Waals surface area contributed by atoms with Gasteiger partial charge in [0.05, 0.1) is 22.6 Å². The summed E-state index contributed by atoms with van der Waals surface area (Å²) in [6.07, 6.45) is 0. The van der Waals surface area contributed by atoms with Gasteiger partial charge in [-0.3, -0.25) is 4.79 Å². The number of ether oxygens (including phenoxy) is 2. The highest BCUT2D eigenvalue weighted by atomic mass is 35.5. The van der Waals surface area contributed by atoms with Crippen LogP contribution in [0.3, 0.4) is 0 Å². The fourth-order valence-electron chi connectivity index (χ4n) is 1.25. The molecule has 0 aliphatic rings. The van der Waals surface area contributed by atoms with Crippen molar-refractivity contribution in [2.45, 2.75) is 13.8 Å². The van der Waals surface area contributed by atoms with E-state index in [-0.39, 0.29) is 12.6 Å². The summed E-state index contributed by atoms with van der Waals surface area (Å²) >= 11 is 17.7. The molecule has 0 aliphatic heterocycles. The lowest BCUT2D eigenvalue weighted by Crippen LogP contribution is -2.32. The van der Waals surface area contributed by atoms with E-state index in [2.05, 4.69) is 4.74 Å². The third-order valence-corrected chi connectivity index (χ3v) is 3.06. The lowest BCUT2D eigenvalue weighted by molar-refractivity contribution is -0.152. The van der Waals surface area contributed by atoms with Gasteiger partial charge in [0.25, 0.3) is 0 Å². The maximum absolute atomic E-state index is 11.5. The number of benzene rings is 1. The summed E-state index contributed by atoms with van der Waals surface area (Å²) < 4.78 is 10.2. The Morgan fingerprint density at radius 1 is 1.22 bits per heavy atom. The first-order valence-electron chi connectivity index (χ1n) is 5.13. The molecule has 0 N–H and O–H groups in total. The molecule has 0 atom stereocenters. The van der Waals surface area contributed by atoms with E-state index in [9.17, 15) is 4.79 Å². The molecule has 18 heavy (non-hydrogen) atoms. The van der Waals surface area contributed by atoms with E-state index in [4.69, 9.17) is 39.5 Å². The summed E-state index contributed by atoms with van der Waals surface area (Å²) in [6, 6.07) is 3.05. The zero-order valence-electron chi connectivity index (χ0n) is 10.2. The molecule has 0 saturated heterocycles. The molecule has 100 valence electrons. The molecule has 1 rings (SSSR count). The molecule has 0 aliphatic carbocycles. The van der Waals surface area contributed by atoms with Gasteiger partial charge < -0.3 is 9.47 Å². The molecule has 0 radical (unpaired) electrons. The number of rotatable bonds is 4. The molecule has 0 aromatic heterocycles. The second kappa shape index (κ2) is 6.00. The van der Waals surface area contributed by atoms with E-state index in [0.29, 0.717) is 20.8 Å². The van der Waals surface area contributed by atoms with E-state index in [1.54, 1.807) is 13.8 Å². The molecular formula is C12H13Cl3O3. The normalized spacial score (nSPS) is 11.2. The number of hydrogen-bond acceptors (Lipinski definition) is 3. The highest BCUT2D eigenvalue weighted by Crippen LogP contribution is 2.36. The second-order valence-corrected chi connectivity index (χ2v) is 5.61. The Hall–Kier alpha value is -0.640. The molecule has 1 aromatic rings. The smallest absolute Gasteiger partial charge is 0.314 e. The summed E-state index contributed by atoms with van der Waals surface area (Å²) in [6.45, 7) is 3.51. The standard InChI is InChI=1S/C12H13Cl3O3/c1-12(2,11(16)17-3)6-18-10-8(14)4-7(13)5-9(10)15/h4-5H,6H2,1-3H3. The van der Waals surface area contributed by atoms with Gasteiger partial charge in [-0.05, 0) is 26.0 Å². The summed E-state index contributed by atoms with van der Waals surface area (Å²) in [5.41, 5.74) is -0.791. The Labute approximate surface area is 121 Å². The molecule has 0 saturated carbocycles. The van der Waals surface area contributed by atoms with Gasteiger partial charge in [0.2, 0.25) is 0 Å². The largest absolute Gasteiger partial charge is 0.489 e. The Kier molecular flexibility index (Phi) is 5.14. The predicted octanol–water partition coefficient (Wildman–Crippen LogP) is 4.22. The monoisotopic (exact) mass is 310 g/mol. The van der Waals surface area contributed by atoms with E-state index >= 15 is 0 Å². The van der Waals surface area contributed by atoms with Crippen LogP contribution < -0.4 is 4.74 Å². The van der Waals surface area contributed by atoms with Crippen LogP contribution in [0.4, 0.5) is 0 Å². The summed E-state index contributed by atoms with van der Waals surface area (Å²) in [5, 5.41) is 1.02. The van der Waals surface area contributed by atoms with Crippen molar-refractivity contribution < 1.29 is 14.3 Å². The van der Waals surface area contributed by atoms with Crippen molar-refractivity contribution in [1.82, 2.24) is 0 Å². The van der Waals surface area contributed by atoms with Crippen LogP contribution >= 0.6 is 34.8 Å². The van der Waals surface area contributed by atoms with Crippen LogP contribution in [0.5, 0.6) is 5.75 Å². The maximum Gasteiger partial charge on any atom is 0.314 e. The third kappa shape index (κ3) is 3.67. The van der Waals surface area contributed by atoms with Gasteiger partial charge in [-0.2, -0.15) is 0 Å². The Morgan fingerprint density at radius 3 is 2.17 bits per heavy atom. The molecule has 0 spiro atoms. The molecule has 0 amide bonds. The van der Waals surface area contributed by atoms with Crippen LogP contribution in [0.2, 0.25) is 15.1 Å². The first kappa shape index (κ1) is 15.4. The number of carbonyl (C=O) groups is 1. The van der Waals surface area contributed by atoms with Crippen LogP contribution in [-0.4, -0.2) is 19.7 Å². The van der Waals surface area contributed by atoms with Gasteiger partial charge >= 0.3 is 5.97 Å². The number of hydrogen-bond donors (Lipinski definition) is 0. The molecule has 0 unspecified atom stereocenters. The first-order valence-corrected chi connectivity index (χ1v) is 6.27. The maximum atomic E-state index is 11.5. The van der Waals surface area contributed by atoms with Crippen molar-refractivity contribution in [3.05, 3.63) is 27.2 Å². The van der Waals surface area contributed by atoms with Crippen LogP contribution in [0, 0.1) is 5.41 Å². The van der Waals surface area contributed by atoms with Crippen molar-refractivity contribution in [2.24, 2.45) is 5.41 Å². The topological polar surface area (TPSA) is 35.5 Å². The first-order chi connectivity index (χ1) is 8.27. The lowest BCUT2D eigenvalue weighted by atomic mass is 9.95. The van der Waals surface area contributed by atoms with Gasteiger partial charge in [-0.25, -0.2) is 0 Å². The van der Waals surface area contributed by atoms with Crippen molar-refractivity contribution in [3.63, 3.8) is 0 Å². The number of carbonyl (C=O) groups excluding carboxylic acids is 1. The van der Waals surface area contributed by atoms with Crippen LogP contribution in [0.25, 0.3) is 0 Å². The Balaban J connectivity index is 2.84. The average Bonchev–Trinajstić information content (AvgIpc) is 2.26. The number of esters is 1. The van der Waals surface area contributed by atoms with Gasteiger partial charge in [-0.15, -0.1) is 0 Å². The molecule has 0 bridgehead atoms. The lowest BCUT2D eigenvalue weighted by Gasteiger charge is -2.22. The van der Waals surface area contributed by atoms with E-state index in [1.165, 1.54) is 19.2 Å². The minimum atomic E-state index is -0.791. The van der Waals surface area contributed by atoms with Crippen LogP contribution in [0.15, 0.2) is 12.1 Å². The molecule has 3 nitrogen and oxygen atoms in total. The SMILES string of the molecule is COC(=O)C(C)(C)COc1c(Cl)cc(Cl)cc1Cl. The van der Waals surface area contributed by atoms with Crippen LogP contribution in [-0.2, 0) is 9.53 Å². The predicted molar refractivity (Wildman–Crippen MR) is 72.8 cm³/mol. The van der Waals surface area contributed by atoms with E-state index < -0.39 is 5.41 Å². The van der Waals surface area contributed by atoms with E-state index in [1.807, 2.05) is 0 Å². The van der Waals surface area contributed by atoms with Crippen molar-refractivity contribution >= 4 is 40.8 Å². The molecular weight excluding hydrogens is 298 g/mol. The van der Waals surface area contributed by atoms with Crippen LogP contribution in [0.1, 0.15) is 13.8 Å². The summed E-state index contributed by atoms with van der Waals surface area (Å²) in [5.74, 6) is -0.0663. The van der Waals surface area contributed by atoms with E-state index in [0.717, 1.165) is 0 Å². The van der Waals surface area contributed by atoms with Gasteiger partial charge in [0.1, 0.15) is 6.61 Å². The quantitative estimate of drug-likeness (QED) is 0.781. The second-order valence-electron chi connectivity index (χ2n) is 4.36. The van der Waals surface area contributed by atoms with Crippen molar-refractivity contribution in [2.75, 3.05) is 13.7 Å². The van der Waals surface area contributed by atoms with Crippen molar-refractivity contribution in [3.8, 4) is 5.75 Å². The average molecular weight is 312 g/mol. The number of halogens is 3. The molecule has 6 heteroatoms. The van der Waals surface area contributed by atoms with Gasteiger partial charge in [0.15, 0.2) is 5.75 Å². The highest BCUT2D eigenvalue weighted by Gasteiger charge is 2.30. The molecule has 0 heterocycles. The highest BCUT2D eigenvalue weighted by molar-refractivity contribution is 6.40. The fraction of sp³-hybridized carbons (Fsp3) is 0.417. The summed E-state index contributed by atoms with van der Waals surface area (Å²) in [4.78, 5) is 11.5.